The van der Waals surface area contributed by atoms with E-state index in [0.717, 1.165) is 27.1 Å². The van der Waals surface area contributed by atoms with E-state index in [1.54, 1.807) is 6.07 Å². The van der Waals surface area contributed by atoms with Crippen molar-refractivity contribution >= 4 is 21.4 Å². The van der Waals surface area contributed by atoms with Crippen LogP contribution in [0.15, 0.2) is 42.5 Å². The van der Waals surface area contributed by atoms with Crippen molar-refractivity contribution in [3.63, 3.8) is 0 Å². The first-order chi connectivity index (χ1) is 10.0. The summed E-state index contributed by atoms with van der Waals surface area (Å²) in [5.41, 5.74) is 6.75. The lowest BCUT2D eigenvalue weighted by molar-refractivity contribution is 0.506. The van der Waals surface area contributed by atoms with Crippen molar-refractivity contribution < 1.29 is 13.2 Å². The first-order valence-corrected chi connectivity index (χ1v) is 7.23. The SMILES string of the molecule is NC(Cc1ccc(F)c(F)c1)c1cc2cc(F)ccc2s1. The Balaban J connectivity index is 1.85. The molecule has 108 valence electrons. The number of nitrogens with two attached hydrogens (primary N) is 1. The maximum absolute atomic E-state index is 13.2. The van der Waals surface area contributed by atoms with Gasteiger partial charge in [0.05, 0.1) is 0 Å². The van der Waals surface area contributed by atoms with Gasteiger partial charge in [0.2, 0.25) is 0 Å². The molecule has 0 bridgehead atoms. The quantitative estimate of drug-likeness (QED) is 0.754. The van der Waals surface area contributed by atoms with Gasteiger partial charge in [0.25, 0.3) is 0 Å². The van der Waals surface area contributed by atoms with Crippen molar-refractivity contribution in [3.05, 3.63) is 70.4 Å². The van der Waals surface area contributed by atoms with Crippen molar-refractivity contribution in [3.8, 4) is 0 Å². The van der Waals surface area contributed by atoms with Crippen LogP contribution in [0.3, 0.4) is 0 Å². The van der Waals surface area contributed by atoms with E-state index < -0.39 is 11.6 Å². The minimum Gasteiger partial charge on any atom is -0.323 e. The normalized spacial score (nSPS) is 12.8. The second-order valence-electron chi connectivity index (χ2n) is 4.89. The number of rotatable bonds is 3. The first kappa shape index (κ1) is 14.1. The number of hydrogen-bond acceptors (Lipinski definition) is 2. The molecule has 3 rings (SSSR count). The summed E-state index contributed by atoms with van der Waals surface area (Å²) < 4.78 is 40.2. The molecule has 1 atom stereocenters. The summed E-state index contributed by atoms with van der Waals surface area (Å²) in [6.45, 7) is 0. The molecule has 1 heterocycles. The molecule has 0 fully saturated rings. The average molecular weight is 307 g/mol. The molecule has 2 N–H and O–H groups in total. The monoisotopic (exact) mass is 307 g/mol. The van der Waals surface area contributed by atoms with E-state index in [2.05, 4.69) is 0 Å². The van der Waals surface area contributed by atoms with Gasteiger partial charge < -0.3 is 5.73 Å². The van der Waals surface area contributed by atoms with Crippen LogP contribution in [-0.4, -0.2) is 0 Å². The van der Waals surface area contributed by atoms with Crippen LogP contribution in [0.5, 0.6) is 0 Å². The highest BCUT2D eigenvalue weighted by atomic mass is 32.1. The number of benzene rings is 2. The fourth-order valence-corrected chi connectivity index (χ4v) is 3.28. The van der Waals surface area contributed by atoms with E-state index in [9.17, 15) is 13.2 Å². The summed E-state index contributed by atoms with van der Waals surface area (Å²) >= 11 is 1.48. The standard InChI is InChI=1S/C16H12F3NS/c17-11-2-4-15-10(7-11)8-16(21-15)14(20)6-9-1-3-12(18)13(19)5-9/h1-5,7-8,14H,6,20H2. The summed E-state index contributed by atoms with van der Waals surface area (Å²) in [5, 5.41) is 0.802. The van der Waals surface area contributed by atoms with E-state index in [1.807, 2.05) is 6.07 Å². The lowest BCUT2D eigenvalue weighted by Gasteiger charge is -2.09. The summed E-state index contributed by atoms with van der Waals surface area (Å²) in [4.78, 5) is 0.889. The van der Waals surface area contributed by atoms with Crippen LogP contribution in [0.25, 0.3) is 10.1 Å². The van der Waals surface area contributed by atoms with E-state index in [0.29, 0.717) is 12.0 Å². The molecule has 2 aromatic carbocycles. The molecular weight excluding hydrogens is 295 g/mol. The van der Waals surface area contributed by atoms with E-state index in [-0.39, 0.29) is 11.9 Å². The Kier molecular flexibility index (Phi) is 3.69. The maximum atomic E-state index is 13.2. The Hall–Kier alpha value is -1.85. The van der Waals surface area contributed by atoms with Crippen molar-refractivity contribution in [2.75, 3.05) is 0 Å². The Morgan fingerprint density at radius 2 is 1.76 bits per heavy atom. The number of fused-ring (bicyclic) bond motifs is 1. The Morgan fingerprint density at radius 3 is 2.52 bits per heavy atom. The van der Waals surface area contributed by atoms with Crippen molar-refractivity contribution in [1.29, 1.82) is 0 Å². The van der Waals surface area contributed by atoms with Gasteiger partial charge in [-0.05, 0) is 53.8 Å². The van der Waals surface area contributed by atoms with Crippen LogP contribution in [0.4, 0.5) is 13.2 Å². The largest absolute Gasteiger partial charge is 0.323 e. The number of hydrogen-bond donors (Lipinski definition) is 1. The summed E-state index contributed by atoms with van der Waals surface area (Å²) in [7, 11) is 0. The average Bonchev–Trinajstić information content (AvgIpc) is 2.86. The maximum Gasteiger partial charge on any atom is 0.159 e. The summed E-state index contributed by atoms with van der Waals surface area (Å²) in [6.07, 6.45) is 0.395. The van der Waals surface area contributed by atoms with Gasteiger partial charge in [-0.25, -0.2) is 13.2 Å². The van der Waals surface area contributed by atoms with Crippen molar-refractivity contribution in [2.45, 2.75) is 12.5 Å². The van der Waals surface area contributed by atoms with Crippen LogP contribution in [-0.2, 0) is 6.42 Å². The molecule has 0 spiro atoms. The zero-order chi connectivity index (χ0) is 15.0. The van der Waals surface area contributed by atoms with Gasteiger partial charge in [-0.3, -0.25) is 0 Å². The third-order valence-electron chi connectivity index (χ3n) is 3.30. The molecule has 1 unspecified atom stereocenters. The number of halogens is 3. The molecule has 0 saturated heterocycles. The predicted octanol–water partition coefficient (Wildman–Crippen LogP) is 4.56. The Labute approximate surface area is 123 Å². The smallest absolute Gasteiger partial charge is 0.159 e. The Bertz CT molecular complexity index is 797. The van der Waals surface area contributed by atoms with E-state index >= 15 is 0 Å². The predicted molar refractivity (Wildman–Crippen MR) is 78.8 cm³/mol. The fourth-order valence-electron chi connectivity index (χ4n) is 2.24. The van der Waals surface area contributed by atoms with Gasteiger partial charge in [0.15, 0.2) is 11.6 Å². The highest BCUT2D eigenvalue weighted by Crippen LogP contribution is 2.31. The van der Waals surface area contributed by atoms with Crippen LogP contribution in [0.1, 0.15) is 16.5 Å². The molecule has 0 amide bonds. The second kappa shape index (κ2) is 5.50. The minimum absolute atomic E-state index is 0.291. The topological polar surface area (TPSA) is 26.0 Å². The lowest BCUT2D eigenvalue weighted by atomic mass is 10.0. The van der Waals surface area contributed by atoms with Gasteiger partial charge in [-0.15, -0.1) is 11.3 Å². The third-order valence-corrected chi connectivity index (χ3v) is 4.55. The molecule has 5 heteroatoms. The first-order valence-electron chi connectivity index (χ1n) is 6.41. The molecule has 0 saturated carbocycles. The molecule has 0 aliphatic rings. The van der Waals surface area contributed by atoms with Crippen molar-refractivity contribution in [1.82, 2.24) is 0 Å². The highest BCUT2D eigenvalue weighted by Gasteiger charge is 2.13. The van der Waals surface area contributed by atoms with Crippen molar-refractivity contribution in [2.24, 2.45) is 5.73 Å². The third kappa shape index (κ3) is 2.94. The molecule has 1 nitrogen and oxygen atoms in total. The van der Waals surface area contributed by atoms with Gasteiger partial charge in [-0.1, -0.05) is 6.07 Å². The molecule has 3 aromatic rings. The molecule has 1 aromatic heterocycles. The highest BCUT2D eigenvalue weighted by molar-refractivity contribution is 7.19. The van der Waals surface area contributed by atoms with Crippen LogP contribution in [0.2, 0.25) is 0 Å². The van der Waals surface area contributed by atoms with Gasteiger partial charge in [-0.2, -0.15) is 0 Å². The zero-order valence-corrected chi connectivity index (χ0v) is 11.8. The fraction of sp³-hybridized carbons (Fsp3) is 0.125. The Morgan fingerprint density at radius 1 is 0.952 bits per heavy atom. The van der Waals surface area contributed by atoms with E-state index in [1.165, 1.54) is 29.5 Å². The number of thiophene rings is 1. The molecule has 0 radical (unpaired) electrons. The van der Waals surface area contributed by atoms with Crippen LogP contribution >= 0.6 is 11.3 Å². The van der Waals surface area contributed by atoms with E-state index in [4.69, 9.17) is 5.73 Å². The zero-order valence-electron chi connectivity index (χ0n) is 10.9. The van der Waals surface area contributed by atoms with Gasteiger partial charge in [0.1, 0.15) is 5.82 Å². The van der Waals surface area contributed by atoms with Gasteiger partial charge >= 0.3 is 0 Å². The van der Waals surface area contributed by atoms with Crippen LogP contribution in [0, 0.1) is 17.5 Å². The molecule has 21 heavy (non-hydrogen) atoms. The summed E-state index contributed by atoms with van der Waals surface area (Å²) in [5.74, 6) is -2.04. The van der Waals surface area contributed by atoms with Crippen LogP contribution < -0.4 is 5.73 Å². The second-order valence-corrected chi connectivity index (χ2v) is 6.01. The summed E-state index contributed by atoms with van der Waals surface area (Å²) in [6, 6.07) is 9.85. The minimum atomic E-state index is -0.877. The molecule has 0 aliphatic heterocycles. The molecular formula is C16H12F3NS. The van der Waals surface area contributed by atoms with Gasteiger partial charge in [0, 0.05) is 15.6 Å². The lowest BCUT2D eigenvalue weighted by Crippen LogP contribution is -2.12. The molecule has 0 aliphatic carbocycles.